The second-order valence-corrected chi connectivity index (χ2v) is 4.09. The van der Waals surface area contributed by atoms with Gasteiger partial charge in [0.15, 0.2) is 0 Å². The number of fused-ring (bicyclic) bond motifs is 1. The topological polar surface area (TPSA) is 49.3 Å². The molecule has 1 unspecified atom stereocenters. The Labute approximate surface area is 86.5 Å². The van der Waals surface area contributed by atoms with Crippen LogP contribution < -0.4 is 5.32 Å². The van der Waals surface area contributed by atoms with Crippen LogP contribution in [0.25, 0.3) is 0 Å². The van der Waals surface area contributed by atoms with E-state index in [1.165, 1.54) is 11.8 Å². The zero-order chi connectivity index (χ0) is 10.1. The summed E-state index contributed by atoms with van der Waals surface area (Å²) < 4.78 is 0. The number of benzene rings is 1. The Balaban J connectivity index is 2.51. The Morgan fingerprint density at radius 3 is 3.00 bits per heavy atom. The maximum Gasteiger partial charge on any atom is 0.242 e. The molecule has 0 radical (unpaired) electrons. The van der Waals surface area contributed by atoms with Crippen LogP contribution in [0.1, 0.15) is 16.4 Å². The first-order valence-electron chi connectivity index (χ1n) is 4.34. The zero-order valence-corrected chi connectivity index (χ0v) is 8.60. The van der Waals surface area contributed by atoms with Crippen LogP contribution in [0.4, 0.5) is 5.69 Å². The fraction of sp³-hybridized carbons (Fsp3) is 0.300. The fourth-order valence-corrected chi connectivity index (χ4v) is 2.41. The number of nitrogens with one attached hydrogen (secondary N) is 1. The molecule has 0 saturated heterocycles. The van der Waals surface area contributed by atoms with Crippen molar-refractivity contribution in [1.82, 2.24) is 0 Å². The normalized spacial score (nSPS) is 19.3. The van der Waals surface area contributed by atoms with Crippen LogP contribution in [0.15, 0.2) is 18.2 Å². The van der Waals surface area contributed by atoms with Gasteiger partial charge in [-0.2, -0.15) is 0 Å². The molecule has 0 aromatic heterocycles. The van der Waals surface area contributed by atoms with E-state index in [9.17, 15) is 4.79 Å². The van der Waals surface area contributed by atoms with Crippen molar-refractivity contribution >= 4 is 23.4 Å². The van der Waals surface area contributed by atoms with E-state index in [1.807, 2.05) is 24.5 Å². The Kier molecular flexibility index (Phi) is 2.48. The van der Waals surface area contributed by atoms with Crippen LogP contribution in [-0.4, -0.2) is 17.3 Å². The van der Waals surface area contributed by atoms with Gasteiger partial charge in [-0.05, 0) is 11.8 Å². The highest BCUT2D eigenvalue weighted by Crippen LogP contribution is 2.40. The molecule has 1 aliphatic heterocycles. The molecular weight excluding hydrogens is 198 g/mol. The highest BCUT2D eigenvalue weighted by atomic mass is 32.2. The van der Waals surface area contributed by atoms with Crippen molar-refractivity contribution in [1.29, 1.82) is 0 Å². The lowest BCUT2D eigenvalue weighted by molar-refractivity contribution is -0.115. The second-order valence-electron chi connectivity index (χ2n) is 3.14. The summed E-state index contributed by atoms with van der Waals surface area (Å²) >= 11 is 1.51. The minimum Gasteiger partial charge on any atom is -0.392 e. The summed E-state index contributed by atoms with van der Waals surface area (Å²) in [5, 5.41) is 11.8. The Hall–Kier alpha value is -1.00. The highest BCUT2D eigenvalue weighted by molar-refractivity contribution is 7.99. The number of amides is 1. The van der Waals surface area contributed by atoms with Gasteiger partial charge in [0.25, 0.3) is 0 Å². The Morgan fingerprint density at radius 2 is 2.36 bits per heavy atom. The molecule has 0 fully saturated rings. The number of aliphatic hydroxyl groups is 1. The van der Waals surface area contributed by atoms with E-state index in [1.54, 1.807) is 0 Å². The van der Waals surface area contributed by atoms with Gasteiger partial charge in [-0.1, -0.05) is 18.2 Å². The maximum absolute atomic E-state index is 11.5. The van der Waals surface area contributed by atoms with E-state index in [4.69, 9.17) is 5.11 Å². The first-order valence-corrected chi connectivity index (χ1v) is 5.63. The third-order valence-electron chi connectivity index (χ3n) is 2.36. The fourth-order valence-electron chi connectivity index (χ4n) is 1.69. The number of anilines is 1. The summed E-state index contributed by atoms with van der Waals surface area (Å²) in [6.45, 7) is -0.0371. The number of hydrogen-bond acceptors (Lipinski definition) is 3. The molecule has 0 saturated carbocycles. The van der Waals surface area contributed by atoms with Crippen LogP contribution >= 0.6 is 11.8 Å². The van der Waals surface area contributed by atoms with E-state index in [0.717, 1.165) is 16.8 Å². The van der Waals surface area contributed by atoms with E-state index in [0.29, 0.717) is 0 Å². The van der Waals surface area contributed by atoms with Crippen molar-refractivity contribution in [2.24, 2.45) is 0 Å². The van der Waals surface area contributed by atoms with Crippen LogP contribution in [0.3, 0.4) is 0 Å². The largest absolute Gasteiger partial charge is 0.392 e. The van der Waals surface area contributed by atoms with E-state index >= 15 is 0 Å². The molecule has 1 heterocycles. The lowest BCUT2D eigenvalue weighted by atomic mass is 10.1. The first kappa shape index (κ1) is 9.55. The molecule has 1 aromatic carbocycles. The summed E-state index contributed by atoms with van der Waals surface area (Å²) in [5.41, 5.74) is 2.56. The van der Waals surface area contributed by atoms with Gasteiger partial charge in [0.2, 0.25) is 5.91 Å². The highest BCUT2D eigenvalue weighted by Gasteiger charge is 2.30. The van der Waals surface area contributed by atoms with Crippen LogP contribution in [-0.2, 0) is 11.4 Å². The van der Waals surface area contributed by atoms with Crippen molar-refractivity contribution in [2.45, 2.75) is 11.9 Å². The monoisotopic (exact) mass is 209 g/mol. The molecule has 0 bridgehead atoms. The van der Waals surface area contributed by atoms with Crippen molar-refractivity contribution in [3.63, 3.8) is 0 Å². The van der Waals surface area contributed by atoms with Crippen LogP contribution in [0, 0.1) is 0 Å². The summed E-state index contributed by atoms with van der Waals surface area (Å²) in [6.07, 6.45) is 1.91. The van der Waals surface area contributed by atoms with E-state index in [-0.39, 0.29) is 17.8 Å². The number of carbonyl (C=O) groups excluding carboxylic acids is 1. The average molecular weight is 209 g/mol. The number of para-hydroxylation sites is 1. The van der Waals surface area contributed by atoms with Gasteiger partial charge < -0.3 is 10.4 Å². The molecule has 14 heavy (non-hydrogen) atoms. The van der Waals surface area contributed by atoms with Crippen molar-refractivity contribution in [2.75, 3.05) is 11.6 Å². The third kappa shape index (κ3) is 1.31. The summed E-state index contributed by atoms with van der Waals surface area (Å²) in [4.78, 5) is 11.5. The van der Waals surface area contributed by atoms with E-state index in [2.05, 4.69) is 5.32 Å². The van der Waals surface area contributed by atoms with Gasteiger partial charge in [0.05, 0.1) is 12.3 Å². The van der Waals surface area contributed by atoms with Crippen molar-refractivity contribution < 1.29 is 9.90 Å². The molecule has 1 amide bonds. The van der Waals surface area contributed by atoms with E-state index < -0.39 is 0 Å². The van der Waals surface area contributed by atoms with Gasteiger partial charge in [0, 0.05) is 5.56 Å². The lowest BCUT2D eigenvalue weighted by Crippen LogP contribution is -2.08. The predicted molar refractivity (Wildman–Crippen MR) is 57.3 cm³/mol. The van der Waals surface area contributed by atoms with Gasteiger partial charge in [-0.15, -0.1) is 11.8 Å². The molecule has 3 nitrogen and oxygen atoms in total. The SMILES string of the molecule is CSC1C(=O)Nc2c(CO)cccc21. The lowest BCUT2D eigenvalue weighted by Gasteiger charge is -2.05. The smallest absolute Gasteiger partial charge is 0.242 e. The van der Waals surface area contributed by atoms with Gasteiger partial charge in [-0.25, -0.2) is 0 Å². The number of aliphatic hydroxyl groups excluding tert-OH is 1. The maximum atomic E-state index is 11.5. The number of carbonyl (C=O) groups is 1. The summed E-state index contributed by atoms with van der Waals surface area (Å²) in [7, 11) is 0. The molecule has 1 aliphatic rings. The van der Waals surface area contributed by atoms with Gasteiger partial charge in [-0.3, -0.25) is 4.79 Å². The molecule has 1 atom stereocenters. The summed E-state index contributed by atoms with van der Waals surface area (Å²) in [5.74, 6) is 0.00778. The molecule has 1 aromatic rings. The van der Waals surface area contributed by atoms with Crippen molar-refractivity contribution in [3.8, 4) is 0 Å². The Bertz CT molecular complexity index is 378. The molecule has 74 valence electrons. The quantitative estimate of drug-likeness (QED) is 0.776. The van der Waals surface area contributed by atoms with Crippen molar-refractivity contribution in [3.05, 3.63) is 29.3 Å². The minimum atomic E-state index is -0.128. The predicted octanol–water partition coefficient (Wildman–Crippen LogP) is 1.54. The Morgan fingerprint density at radius 1 is 1.57 bits per heavy atom. The first-order chi connectivity index (χ1) is 6.77. The molecular formula is C10H11NO2S. The van der Waals surface area contributed by atoms with Crippen LogP contribution in [0.2, 0.25) is 0 Å². The van der Waals surface area contributed by atoms with Crippen LogP contribution in [0.5, 0.6) is 0 Å². The number of rotatable bonds is 2. The third-order valence-corrected chi connectivity index (χ3v) is 3.30. The molecule has 0 aliphatic carbocycles. The molecule has 4 heteroatoms. The number of thioether (sulfide) groups is 1. The zero-order valence-electron chi connectivity index (χ0n) is 7.78. The average Bonchev–Trinajstić information content (AvgIpc) is 2.52. The number of hydrogen-bond donors (Lipinski definition) is 2. The molecule has 0 spiro atoms. The minimum absolute atomic E-state index is 0.00778. The standard InChI is InChI=1S/C10H11NO2S/c1-14-9-7-4-2-3-6(5-12)8(7)11-10(9)13/h2-4,9,12H,5H2,1H3,(H,11,13). The molecule has 2 N–H and O–H groups in total. The second kappa shape index (κ2) is 3.63. The summed E-state index contributed by atoms with van der Waals surface area (Å²) in [6, 6.07) is 5.61. The molecule has 2 rings (SSSR count). The van der Waals surface area contributed by atoms with Gasteiger partial charge in [0.1, 0.15) is 5.25 Å². The van der Waals surface area contributed by atoms with Gasteiger partial charge >= 0.3 is 0 Å².